The zero-order valence-corrected chi connectivity index (χ0v) is 36.4. The van der Waals surface area contributed by atoms with Crippen molar-refractivity contribution >= 4 is 54.1 Å². The van der Waals surface area contributed by atoms with E-state index in [-0.39, 0.29) is 0 Å². The predicted molar refractivity (Wildman–Crippen MR) is 280 cm³/mol. The van der Waals surface area contributed by atoms with E-state index in [2.05, 4.69) is 206 Å². The summed E-state index contributed by atoms with van der Waals surface area (Å²) in [4.78, 5) is 10.3. The van der Waals surface area contributed by atoms with Gasteiger partial charge in [0.05, 0.1) is 11.4 Å². The first-order valence-electron chi connectivity index (χ1n) is 22.8. The molecule has 0 unspecified atom stereocenters. The van der Waals surface area contributed by atoms with E-state index in [1.165, 1.54) is 71.1 Å². The molecule has 11 aromatic carbocycles. The zero-order valence-electron chi connectivity index (χ0n) is 36.4. The molecular weight excluding hydrogens is 813 g/mol. The Hall–Kier alpha value is -8.92. The Bertz CT molecular complexity index is 3990. The lowest BCUT2D eigenvalue weighted by atomic mass is 9.84. The Morgan fingerprint density at radius 3 is 1.54 bits per heavy atom. The fourth-order valence-corrected chi connectivity index (χ4v) is 9.99. The van der Waals surface area contributed by atoms with Gasteiger partial charge in [-0.15, -0.1) is 0 Å². The van der Waals surface area contributed by atoms with E-state index in [4.69, 9.17) is 14.4 Å². The predicted octanol–water partition coefficient (Wildman–Crippen LogP) is 17.5. The molecule has 2 aromatic heterocycles. The van der Waals surface area contributed by atoms with Gasteiger partial charge < -0.3 is 4.42 Å². The van der Waals surface area contributed by atoms with Crippen LogP contribution >= 0.6 is 0 Å². The minimum atomic E-state index is 0.683. The molecule has 0 aliphatic rings. The first-order valence-corrected chi connectivity index (χ1v) is 22.8. The second-order valence-corrected chi connectivity index (χ2v) is 17.3. The lowest BCUT2D eigenvalue weighted by molar-refractivity contribution is 0.631. The van der Waals surface area contributed by atoms with Crippen molar-refractivity contribution in [2.24, 2.45) is 0 Å². The number of furan rings is 1. The molecule has 3 nitrogen and oxygen atoms in total. The summed E-state index contributed by atoms with van der Waals surface area (Å²) in [7, 11) is 0. The van der Waals surface area contributed by atoms with Gasteiger partial charge in [0, 0.05) is 27.6 Å². The highest BCUT2D eigenvalue weighted by Crippen LogP contribution is 2.46. The van der Waals surface area contributed by atoms with Crippen LogP contribution in [0.15, 0.2) is 247 Å². The average Bonchev–Trinajstić information content (AvgIpc) is 3.85. The maximum Gasteiger partial charge on any atom is 0.160 e. The average molecular weight is 853 g/mol. The van der Waals surface area contributed by atoms with Gasteiger partial charge in [0.15, 0.2) is 5.82 Å². The van der Waals surface area contributed by atoms with E-state index in [1.807, 2.05) is 36.4 Å². The highest BCUT2D eigenvalue weighted by Gasteiger charge is 2.19. The Labute approximate surface area is 387 Å². The quantitative estimate of drug-likeness (QED) is 0.118. The molecule has 0 fully saturated rings. The molecule has 2 heterocycles. The van der Waals surface area contributed by atoms with Gasteiger partial charge in [-0.3, -0.25) is 0 Å². The Morgan fingerprint density at radius 2 is 0.791 bits per heavy atom. The topological polar surface area (TPSA) is 38.9 Å². The van der Waals surface area contributed by atoms with Crippen molar-refractivity contribution in [3.63, 3.8) is 0 Å². The number of hydrogen-bond donors (Lipinski definition) is 0. The van der Waals surface area contributed by atoms with E-state index < -0.39 is 0 Å². The van der Waals surface area contributed by atoms with Crippen LogP contribution in [0.5, 0.6) is 0 Å². The van der Waals surface area contributed by atoms with Gasteiger partial charge >= 0.3 is 0 Å². The fraction of sp³-hybridized carbons (Fsp3) is 0. The number of hydrogen-bond acceptors (Lipinski definition) is 3. The molecule has 3 heteroatoms. The van der Waals surface area contributed by atoms with Gasteiger partial charge in [-0.25, -0.2) is 9.97 Å². The molecule has 67 heavy (non-hydrogen) atoms. The monoisotopic (exact) mass is 852 g/mol. The molecule has 0 aliphatic carbocycles. The first-order chi connectivity index (χ1) is 33.2. The molecule has 13 aromatic rings. The molecule has 0 radical (unpaired) electrons. The maximum atomic E-state index is 6.26. The van der Waals surface area contributed by atoms with Crippen LogP contribution in [0.2, 0.25) is 0 Å². The van der Waals surface area contributed by atoms with Crippen molar-refractivity contribution in [2.75, 3.05) is 0 Å². The number of rotatable bonds is 7. The van der Waals surface area contributed by atoms with Crippen molar-refractivity contribution in [2.45, 2.75) is 0 Å². The lowest BCUT2D eigenvalue weighted by Gasteiger charge is -2.19. The van der Waals surface area contributed by atoms with Gasteiger partial charge in [0.1, 0.15) is 11.3 Å². The largest absolute Gasteiger partial charge is 0.456 e. The number of fused-ring (bicyclic) bond motifs is 6. The Kier molecular flexibility index (Phi) is 9.17. The standard InChI is InChI=1S/C64H40N2O/c1-3-15-43(16-4-1)61-54-23-10-11-24-55(54)62(63-53-22-9-7-14-42(53)34-35-56(61)63)44-28-26-41(27-29-44)46-30-31-48-37-50(33-32-47(48)36-46)58-40-57(65-64(66-58)45-17-5-2-6-18-45)49-20-13-21-51(38-49)60-39-52-19-8-12-25-59(52)67-60/h1-40H. The number of benzene rings is 11. The minimum absolute atomic E-state index is 0.683. The molecule has 0 spiro atoms. The maximum absolute atomic E-state index is 6.26. The molecule has 0 bridgehead atoms. The third-order valence-corrected chi connectivity index (χ3v) is 13.2. The van der Waals surface area contributed by atoms with Crippen molar-refractivity contribution in [3.8, 4) is 78.6 Å². The lowest BCUT2D eigenvalue weighted by Crippen LogP contribution is -1.96. The number of nitrogens with zero attached hydrogens (tertiary/aromatic N) is 2. The van der Waals surface area contributed by atoms with Gasteiger partial charge in [-0.1, -0.05) is 206 Å². The third-order valence-electron chi connectivity index (χ3n) is 13.2. The summed E-state index contributed by atoms with van der Waals surface area (Å²) in [6.45, 7) is 0. The Morgan fingerprint density at radius 1 is 0.269 bits per heavy atom. The first kappa shape index (κ1) is 38.5. The van der Waals surface area contributed by atoms with E-state index in [9.17, 15) is 0 Å². The van der Waals surface area contributed by atoms with Crippen LogP contribution in [-0.2, 0) is 0 Å². The van der Waals surface area contributed by atoms with Gasteiger partial charge in [-0.2, -0.15) is 0 Å². The minimum Gasteiger partial charge on any atom is -0.456 e. The van der Waals surface area contributed by atoms with E-state index in [0.29, 0.717) is 5.82 Å². The van der Waals surface area contributed by atoms with Gasteiger partial charge in [0.25, 0.3) is 0 Å². The molecule has 0 aliphatic heterocycles. The Balaban J connectivity index is 0.874. The van der Waals surface area contributed by atoms with E-state index in [0.717, 1.165) is 55.8 Å². The smallest absolute Gasteiger partial charge is 0.160 e. The summed E-state index contributed by atoms with van der Waals surface area (Å²) >= 11 is 0. The third kappa shape index (κ3) is 6.84. The highest BCUT2D eigenvalue weighted by atomic mass is 16.3. The summed E-state index contributed by atoms with van der Waals surface area (Å²) in [5.41, 5.74) is 13.9. The SMILES string of the molecule is c1ccc(-c2nc(-c3cccc(-c4cc5ccccc5o4)c3)cc(-c3ccc4cc(-c5ccc(-c6c7ccccc7c(-c7ccccc7)c7ccc8ccccc8c67)cc5)ccc4c3)n2)cc1. The number of para-hydroxylation sites is 1. The molecule has 13 rings (SSSR count). The molecule has 0 saturated heterocycles. The van der Waals surface area contributed by atoms with Crippen LogP contribution in [0.25, 0.3) is 133 Å². The highest BCUT2D eigenvalue weighted by molar-refractivity contribution is 6.28. The molecule has 0 amide bonds. The van der Waals surface area contributed by atoms with Crippen LogP contribution in [0.3, 0.4) is 0 Å². The molecule has 0 saturated carbocycles. The van der Waals surface area contributed by atoms with Crippen LogP contribution in [0.1, 0.15) is 0 Å². The zero-order chi connectivity index (χ0) is 44.3. The van der Waals surface area contributed by atoms with Crippen LogP contribution < -0.4 is 0 Å². The van der Waals surface area contributed by atoms with Crippen LogP contribution in [0, 0.1) is 0 Å². The van der Waals surface area contributed by atoms with Gasteiger partial charge in [0.2, 0.25) is 0 Å². The van der Waals surface area contributed by atoms with Crippen molar-refractivity contribution in [3.05, 3.63) is 243 Å². The summed E-state index contributed by atoms with van der Waals surface area (Å²) in [5.74, 6) is 1.51. The number of aromatic nitrogens is 2. The van der Waals surface area contributed by atoms with Crippen molar-refractivity contribution in [1.29, 1.82) is 0 Å². The molecule has 0 atom stereocenters. The van der Waals surface area contributed by atoms with E-state index >= 15 is 0 Å². The van der Waals surface area contributed by atoms with Crippen molar-refractivity contribution in [1.82, 2.24) is 9.97 Å². The van der Waals surface area contributed by atoms with Crippen molar-refractivity contribution < 1.29 is 4.42 Å². The molecule has 312 valence electrons. The molecule has 0 N–H and O–H groups in total. The van der Waals surface area contributed by atoms with Crippen LogP contribution in [0.4, 0.5) is 0 Å². The summed E-state index contributed by atoms with van der Waals surface area (Å²) in [6.07, 6.45) is 0. The molecular formula is C64H40N2O. The second-order valence-electron chi connectivity index (χ2n) is 17.3. The summed E-state index contributed by atoms with van der Waals surface area (Å²) in [6, 6.07) is 86.6. The summed E-state index contributed by atoms with van der Waals surface area (Å²) in [5, 5.41) is 11.0. The summed E-state index contributed by atoms with van der Waals surface area (Å²) < 4.78 is 6.26. The normalized spacial score (nSPS) is 11.6. The fourth-order valence-electron chi connectivity index (χ4n) is 9.99. The van der Waals surface area contributed by atoms with Crippen LogP contribution in [-0.4, -0.2) is 9.97 Å². The van der Waals surface area contributed by atoms with E-state index in [1.54, 1.807) is 0 Å². The van der Waals surface area contributed by atoms with Gasteiger partial charge in [-0.05, 0) is 113 Å². The second kappa shape index (κ2) is 16.0.